The second-order valence-electron chi connectivity index (χ2n) is 8.20. The first kappa shape index (κ1) is 22.2. The maximum Gasteiger partial charge on any atom is 0.211 e. The molecule has 0 unspecified atom stereocenters. The number of ether oxygens (including phenoxy) is 1. The molecule has 5 nitrogen and oxygen atoms in total. The predicted octanol–water partition coefficient (Wildman–Crippen LogP) is 3.82. The van der Waals surface area contributed by atoms with Gasteiger partial charge < -0.3 is 9.84 Å². The van der Waals surface area contributed by atoms with E-state index in [1.807, 2.05) is 31.2 Å². The monoisotopic (exact) mass is 397 g/mol. The molecule has 154 valence electrons. The molecule has 2 rings (SSSR count). The summed E-state index contributed by atoms with van der Waals surface area (Å²) in [7, 11) is -3.40. The van der Waals surface area contributed by atoms with Crippen molar-refractivity contribution in [2.24, 2.45) is 11.8 Å². The SMILES string of the molecule is CC[C@@](O)(CNS(=O)(=O)CCCCC(C)C)c1cccc(OCC2CC2)c1. The van der Waals surface area contributed by atoms with Crippen molar-refractivity contribution in [2.45, 2.75) is 64.9 Å². The molecular weight excluding hydrogens is 362 g/mol. The van der Waals surface area contributed by atoms with E-state index in [1.165, 1.54) is 12.8 Å². The lowest BCUT2D eigenvalue weighted by Gasteiger charge is -2.28. The van der Waals surface area contributed by atoms with Gasteiger partial charge in [0, 0.05) is 6.54 Å². The molecule has 0 heterocycles. The van der Waals surface area contributed by atoms with E-state index in [1.54, 1.807) is 0 Å². The van der Waals surface area contributed by atoms with Crippen LogP contribution in [0.3, 0.4) is 0 Å². The van der Waals surface area contributed by atoms with Crippen molar-refractivity contribution in [3.8, 4) is 5.75 Å². The number of nitrogens with one attached hydrogen (secondary N) is 1. The number of benzene rings is 1. The first-order valence-corrected chi connectivity index (χ1v) is 11.8. The van der Waals surface area contributed by atoms with E-state index in [0.717, 1.165) is 18.6 Å². The molecule has 0 saturated heterocycles. The minimum atomic E-state index is -3.40. The van der Waals surface area contributed by atoms with E-state index in [-0.39, 0.29) is 12.3 Å². The number of rotatable bonds is 13. The van der Waals surface area contributed by atoms with Gasteiger partial charge in [-0.25, -0.2) is 13.1 Å². The molecule has 0 radical (unpaired) electrons. The number of unbranched alkanes of at least 4 members (excludes halogenated alkanes) is 1. The van der Waals surface area contributed by atoms with Gasteiger partial charge in [-0.1, -0.05) is 45.7 Å². The molecular formula is C21H35NO4S. The van der Waals surface area contributed by atoms with Crippen molar-refractivity contribution >= 4 is 10.0 Å². The largest absolute Gasteiger partial charge is 0.493 e. The molecule has 1 atom stereocenters. The average Bonchev–Trinajstić information content (AvgIpc) is 3.46. The lowest BCUT2D eigenvalue weighted by molar-refractivity contribution is 0.0377. The Bertz CT molecular complexity index is 685. The normalized spacial score (nSPS) is 17.1. The average molecular weight is 398 g/mol. The Morgan fingerprint density at radius 1 is 1.30 bits per heavy atom. The topological polar surface area (TPSA) is 75.6 Å². The van der Waals surface area contributed by atoms with Crippen molar-refractivity contribution in [3.05, 3.63) is 29.8 Å². The molecule has 0 aliphatic heterocycles. The van der Waals surface area contributed by atoms with Gasteiger partial charge in [-0.15, -0.1) is 0 Å². The van der Waals surface area contributed by atoms with Gasteiger partial charge in [0.1, 0.15) is 11.4 Å². The molecule has 1 aliphatic rings. The molecule has 1 aromatic rings. The van der Waals surface area contributed by atoms with Gasteiger partial charge in [0.2, 0.25) is 10.0 Å². The van der Waals surface area contributed by atoms with Gasteiger partial charge in [-0.2, -0.15) is 0 Å². The second-order valence-corrected chi connectivity index (χ2v) is 10.1. The third kappa shape index (κ3) is 7.80. The van der Waals surface area contributed by atoms with Crippen LogP contribution >= 0.6 is 0 Å². The predicted molar refractivity (Wildman–Crippen MR) is 109 cm³/mol. The number of sulfonamides is 1. The number of aliphatic hydroxyl groups is 1. The van der Waals surface area contributed by atoms with Crippen LogP contribution in [0, 0.1) is 11.8 Å². The highest BCUT2D eigenvalue weighted by atomic mass is 32.2. The fourth-order valence-corrected chi connectivity index (χ4v) is 4.14. The quantitative estimate of drug-likeness (QED) is 0.496. The first-order chi connectivity index (χ1) is 12.7. The van der Waals surface area contributed by atoms with Crippen LogP contribution in [0.15, 0.2) is 24.3 Å². The maximum atomic E-state index is 12.3. The van der Waals surface area contributed by atoms with Crippen LogP contribution in [0.25, 0.3) is 0 Å². The third-order valence-corrected chi connectivity index (χ3v) is 6.58. The van der Waals surface area contributed by atoms with Crippen LogP contribution in [0.4, 0.5) is 0 Å². The first-order valence-electron chi connectivity index (χ1n) is 10.2. The van der Waals surface area contributed by atoms with Gasteiger partial charge in [0.25, 0.3) is 0 Å². The van der Waals surface area contributed by atoms with Gasteiger partial charge >= 0.3 is 0 Å². The summed E-state index contributed by atoms with van der Waals surface area (Å²) >= 11 is 0. The van der Waals surface area contributed by atoms with E-state index >= 15 is 0 Å². The molecule has 0 amide bonds. The van der Waals surface area contributed by atoms with Crippen molar-refractivity contribution < 1.29 is 18.3 Å². The van der Waals surface area contributed by atoms with E-state index in [4.69, 9.17) is 4.74 Å². The molecule has 1 saturated carbocycles. The smallest absolute Gasteiger partial charge is 0.211 e. The zero-order chi connectivity index (χ0) is 19.9. The van der Waals surface area contributed by atoms with Crippen LogP contribution in [0.1, 0.15) is 64.9 Å². The summed E-state index contributed by atoms with van der Waals surface area (Å²) in [4.78, 5) is 0. The summed E-state index contributed by atoms with van der Waals surface area (Å²) < 4.78 is 32.9. The van der Waals surface area contributed by atoms with Crippen LogP contribution < -0.4 is 9.46 Å². The van der Waals surface area contributed by atoms with Crippen LogP contribution in [-0.2, 0) is 15.6 Å². The van der Waals surface area contributed by atoms with Crippen molar-refractivity contribution in [1.29, 1.82) is 0 Å². The maximum absolute atomic E-state index is 12.3. The molecule has 1 fully saturated rings. The van der Waals surface area contributed by atoms with E-state index in [2.05, 4.69) is 18.6 Å². The summed E-state index contributed by atoms with van der Waals surface area (Å²) in [5, 5.41) is 11.0. The lowest BCUT2D eigenvalue weighted by atomic mass is 9.91. The standard InChI is InChI=1S/C21H35NO4S/c1-4-21(23,16-22-27(24,25)13-6-5-8-17(2)3)19-9-7-10-20(14-19)26-15-18-11-12-18/h7,9-10,14,17-18,22-23H,4-6,8,11-13,15-16H2,1-3H3/t21-/m1/s1. The number of hydrogen-bond acceptors (Lipinski definition) is 4. The Morgan fingerprint density at radius 2 is 2.04 bits per heavy atom. The van der Waals surface area contributed by atoms with Crippen molar-refractivity contribution in [3.63, 3.8) is 0 Å². The van der Waals surface area contributed by atoms with E-state index in [0.29, 0.717) is 36.8 Å². The summed E-state index contributed by atoms with van der Waals surface area (Å²) in [6.07, 6.45) is 5.42. The van der Waals surface area contributed by atoms with Crippen LogP contribution in [0.2, 0.25) is 0 Å². The number of hydrogen-bond donors (Lipinski definition) is 2. The highest BCUT2D eigenvalue weighted by Crippen LogP contribution is 2.31. The Labute approximate surface area is 164 Å². The summed E-state index contributed by atoms with van der Waals surface area (Å²) in [5.41, 5.74) is -0.565. The summed E-state index contributed by atoms with van der Waals surface area (Å²) in [6, 6.07) is 7.37. The third-order valence-electron chi connectivity index (χ3n) is 5.17. The zero-order valence-electron chi connectivity index (χ0n) is 16.9. The zero-order valence-corrected chi connectivity index (χ0v) is 17.7. The van der Waals surface area contributed by atoms with Gasteiger partial charge in [0.15, 0.2) is 0 Å². The highest BCUT2D eigenvalue weighted by Gasteiger charge is 2.29. The molecule has 0 spiro atoms. The Balaban J connectivity index is 1.92. The minimum absolute atomic E-state index is 0.0257. The fraction of sp³-hybridized carbons (Fsp3) is 0.714. The van der Waals surface area contributed by atoms with E-state index < -0.39 is 15.6 Å². The highest BCUT2D eigenvalue weighted by molar-refractivity contribution is 7.89. The Kier molecular flexibility index (Phi) is 8.13. The van der Waals surface area contributed by atoms with Crippen LogP contribution in [0.5, 0.6) is 5.75 Å². The minimum Gasteiger partial charge on any atom is -0.493 e. The molecule has 27 heavy (non-hydrogen) atoms. The van der Waals surface area contributed by atoms with Crippen LogP contribution in [-0.4, -0.2) is 32.4 Å². The molecule has 0 bridgehead atoms. The molecule has 1 aliphatic carbocycles. The molecule has 1 aromatic carbocycles. The van der Waals surface area contributed by atoms with Gasteiger partial charge in [0.05, 0.1) is 12.4 Å². The molecule has 2 N–H and O–H groups in total. The molecule has 0 aromatic heterocycles. The van der Waals surface area contributed by atoms with Gasteiger partial charge in [-0.05, 0) is 55.2 Å². The summed E-state index contributed by atoms with van der Waals surface area (Å²) in [5.74, 6) is 2.06. The van der Waals surface area contributed by atoms with E-state index in [9.17, 15) is 13.5 Å². The Hall–Kier alpha value is -1.11. The Morgan fingerprint density at radius 3 is 2.67 bits per heavy atom. The lowest BCUT2D eigenvalue weighted by Crippen LogP contribution is -2.41. The molecule has 6 heteroatoms. The van der Waals surface area contributed by atoms with Crippen molar-refractivity contribution in [2.75, 3.05) is 18.9 Å². The van der Waals surface area contributed by atoms with Crippen molar-refractivity contribution in [1.82, 2.24) is 4.72 Å². The second kappa shape index (κ2) is 9.89. The fourth-order valence-electron chi connectivity index (χ4n) is 2.95. The van der Waals surface area contributed by atoms with Gasteiger partial charge in [-0.3, -0.25) is 0 Å². The summed E-state index contributed by atoms with van der Waals surface area (Å²) in [6.45, 7) is 6.81.